The number of hydrogen-bond acceptors (Lipinski definition) is 2. The molecule has 3 heteroatoms. The molecule has 0 heterocycles. The Bertz CT molecular complexity index is 469. The predicted molar refractivity (Wildman–Crippen MR) is 67.8 cm³/mol. The Balaban J connectivity index is 2.47. The van der Waals surface area contributed by atoms with Gasteiger partial charge < -0.3 is 0 Å². The normalized spacial score (nSPS) is 10.2. The first kappa shape index (κ1) is 11.6. The monoisotopic (exact) mass is 243 g/mol. The number of carbonyl (C=O) groups excluding carboxylic acids is 1. The molecule has 0 aromatic heterocycles. The average molecular weight is 243 g/mol. The largest absolute Gasteiger partial charge is 0.547 e. The van der Waals surface area contributed by atoms with Crippen LogP contribution in [0.3, 0.4) is 0 Å². The van der Waals surface area contributed by atoms with E-state index in [0.717, 1.165) is 11.1 Å². The Hall–Kier alpha value is -1.87. The molecule has 0 bridgehead atoms. The van der Waals surface area contributed by atoms with E-state index in [4.69, 9.17) is 0 Å². The van der Waals surface area contributed by atoms with Crippen LogP contribution >= 0.6 is 0 Å². The minimum atomic E-state index is -0.472. The number of carbonyl (C=O) groups is 1. The lowest BCUT2D eigenvalue weighted by Crippen LogP contribution is -2.12. The molecule has 0 radical (unpaired) electrons. The second-order valence-corrected chi connectivity index (χ2v) is 4.23. The molecule has 0 aliphatic heterocycles. The van der Waals surface area contributed by atoms with E-state index in [1.165, 1.54) is 0 Å². The molecule has 0 aliphatic rings. The molecule has 17 heavy (non-hydrogen) atoms. The van der Waals surface area contributed by atoms with E-state index in [0.29, 0.717) is 0 Å². The lowest BCUT2D eigenvalue weighted by molar-refractivity contribution is -0.111. The fraction of sp³-hybridized carbons (Fsp3) is 0.0714. The molecule has 2 aromatic rings. The molecular formula is C14H11O2S+. The number of rotatable bonds is 3. The molecule has 0 amide bonds. The Morgan fingerprint density at radius 1 is 0.824 bits per heavy atom. The molecule has 0 N–H and O–H groups in total. The van der Waals surface area contributed by atoms with Crippen LogP contribution in [0.15, 0.2) is 60.7 Å². The zero-order chi connectivity index (χ0) is 12.1. The maximum Gasteiger partial charge on any atom is 0.547 e. The predicted octanol–water partition coefficient (Wildman–Crippen LogP) is 2.77. The first-order valence-corrected chi connectivity index (χ1v) is 6.00. The number of hydrogen-bond donors (Lipinski definition) is 0. The highest BCUT2D eigenvalue weighted by Gasteiger charge is 2.32. The summed E-state index contributed by atoms with van der Waals surface area (Å²) in [7, 11) is 0. The maximum absolute atomic E-state index is 11.8. The zero-order valence-corrected chi connectivity index (χ0v) is 9.89. The van der Waals surface area contributed by atoms with Gasteiger partial charge in [-0.15, -0.1) is 0 Å². The van der Waals surface area contributed by atoms with Gasteiger partial charge in [0.05, 0.1) is 0 Å². The molecule has 0 spiro atoms. The highest BCUT2D eigenvalue weighted by molar-refractivity contribution is 7.83. The van der Waals surface area contributed by atoms with Crippen LogP contribution in [0.25, 0.3) is 0 Å². The van der Waals surface area contributed by atoms with Crippen molar-refractivity contribution in [3.8, 4) is 0 Å². The highest BCUT2D eigenvalue weighted by Crippen LogP contribution is 2.25. The Labute approximate surface area is 104 Å². The van der Waals surface area contributed by atoms with Gasteiger partial charge in [-0.2, -0.15) is 0 Å². The first-order chi connectivity index (χ1) is 8.33. The molecule has 0 saturated heterocycles. The SMILES string of the molecule is O=[S+]C(=O)C(c1ccccc1)c1ccccc1. The summed E-state index contributed by atoms with van der Waals surface area (Å²) in [5.41, 5.74) is 1.71. The standard InChI is InChI=1S/C14H11O2S/c15-14(17-16)13(11-7-3-1-4-8-11)12-9-5-2-6-10-12/h1-10,13H/q+1. The molecular weight excluding hydrogens is 232 g/mol. The van der Waals surface area contributed by atoms with Crippen molar-refractivity contribution >= 4 is 16.8 Å². The second-order valence-electron chi connectivity index (χ2n) is 3.66. The molecule has 84 valence electrons. The third-order valence-corrected chi connectivity index (χ3v) is 2.98. The molecule has 0 aliphatic carbocycles. The lowest BCUT2D eigenvalue weighted by Gasteiger charge is -2.08. The van der Waals surface area contributed by atoms with Crippen LogP contribution in [0.1, 0.15) is 17.0 Å². The van der Waals surface area contributed by atoms with E-state index >= 15 is 0 Å². The van der Waals surface area contributed by atoms with Crippen molar-refractivity contribution in [3.05, 3.63) is 71.8 Å². The third kappa shape index (κ3) is 2.63. The van der Waals surface area contributed by atoms with E-state index in [1.54, 1.807) is 0 Å². The van der Waals surface area contributed by atoms with Gasteiger partial charge in [0, 0.05) is 4.21 Å². The van der Waals surface area contributed by atoms with Crippen molar-refractivity contribution in [2.75, 3.05) is 0 Å². The summed E-state index contributed by atoms with van der Waals surface area (Å²) >= 11 is 0.0337. The van der Waals surface area contributed by atoms with Crippen molar-refractivity contribution < 1.29 is 9.00 Å². The Morgan fingerprint density at radius 3 is 1.59 bits per heavy atom. The topological polar surface area (TPSA) is 34.1 Å². The number of benzene rings is 2. The van der Waals surface area contributed by atoms with E-state index in [9.17, 15) is 9.00 Å². The van der Waals surface area contributed by atoms with Gasteiger partial charge in [0.25, 0.3) is 0 Å². The fourth-order valence-electron chi connectivity index (χ4n) is 1.80. The summed E-state index contributed by atoms with van der Waals surface area (Å²) < 4.78 is 10.8. The Morgan fingerprint density at radius 2 is 1.24 bits per heavy atom. The minimum absolute atomic E-state index is 0.0337. The van der Waals surface area contributed by atoms with Gasteiger partial charge in [-0.3, -0.25) is 0 Å². The maximum atomic E-state index is 11.8. The van der Waals surface area contributed by atoms with Gasteiger partial charge in [-0.25, -0.2) is 4.79 Å². The van der Waals surface area contributed by atoms with Gasteiger partial charge in [-0.1, -0.05) is 60.7 Å². The smallest absolute Gasteiger partial charge is 0.220 e. The van der Waals surface area contributed by atoms with Gasteiger partial charge in [0.2, 0.25) is 0 Å². The van der Waals surface area contributed by atoms with E-state index in [2.05, 4.69) is 0 Å². The molecule has 0 saturated carbocycles. The van der Waals surface area contributed by atoms with Crippen molar-refractivity contribution in [1.82, 2.24) is 0 Å². The van der Waals surface area contributed by atoms with Crippen LogP contribution in [-0.4, -0.2) is 5.12 Å². The van der Waals surface area contributed by atoms with Crippen LogP contribution in [0.4, 0.5) is 0 Å². The zero-order valence-electron chi connectivity index (χ0n) is 9.08. The average Bonchev–Trinajstić information content (AvgIpc) is 2.41. The van der Waals surface area contributed by atoms with Crippen LogP contribution in [-0.2, 0) is 20.7 Å². The summed E-state index contributed by atoms with van der Waals surface area (Å²) in [5.74, 6) is -0.472. The summed E-state index contributed by atoms with van der Waals surface area (Å²) in [5, 5.41) is -0.373. The summed E-state index contributed by atoms with van der Waals surface area (Å²) in [6.45, 7) is 0. The van der Waals surface area contributed by atoms with E-state index < -0.39 is 5.92 Å². The van der Waals surface area contributed by atoms with Gasteiger partial charge in [-0.05, 0) is 11.1 Å². The first-order valence-electron chi connectivity index (χ1n) is 5.26. The van der Waals surface area contributed by atoms with Crippen LogP contribution in [0.5, 0.6) is 0 Å². The molecule has 2 rings (SSSR count). The van der Waals surface area contributed by atoms with E-state index in [-0.39, 0.29) is 16.8 Å². The van der Waals surface area contributed by atoms with Crippen molar-refractivity contribution in [2.45, 2.75) is 5.92 Å². The van der Waals surface area contributed by atoms with Crippen LogP contribution in [0, 0.1) is 0 Å². The van der Waals surface area contributed by atoms with E-state index in [1.807, 2.05) is 60.7 Å². The van der Waals surface area contributed by atoms with Gasteiger partial charge in [0.15, 0.2) is 0 Å². The molecule has 0 atom stereocenters. The van der Waals surface area contributed by atoms with Crippen molar-refractivity contribution in [1.29, 1.82) is 0 Å². The molecule has 0 unspecified atom stereocenters. The van der Waals surface area contributed by atoms with Gasteiger partial charge >= 0.3 is 16.8 Å². The molecule has 2 nitrogen and oxygen atoms in total. The van der Waals surface area contributed by atoms with Crippen LogP contribution in [0.2, 0.25) is 0 Å². The highest BCUT2D eigenvalue weighted by atomic mass is 32.1. The fourth-order valence-corrected chi connectivity index (χ4v) is 2.17. The van der Waals surface area contributed by atoms with Gasteiger partial charge in [0.1, 0.15) is 5.92 Å². The lowest BCUT2D eigenvalue weighted by atomic mass is 9.92. The minimum Gasteiger partial charge on any atom is -0.220 e. The third-order valence-electron chi connectivity index (χ3n) is 2.58. The summed E-state index contributed by atoms with van der Waals surface area (Å²) in [6.07, 6.45) is 0. The van der Waals surface area contributed by atoms with Crippen molar-refractivity contribution in [3.63, 3.8) is 0 Å². The summed E-state index contributed by atoms with van der Waals surface area (Å²) in [4.78, 5) is 11.8. The summed E-state index contributed by atoms with van der Waals surface area (Å²) in [6, 6.07) is 18.7. The quantitative estimate of drug-likeness (QED) is 0.777. The molecule has 2 aromatic carbocycles. The van der Waals surface area contributed by atoms with Crippen LogP contribution < -0.4 is 0 Å². The Kier molecular flexibility index (Phi) is 3.73. The second kappa shape index (κ2) is 5.46. The van der Waals surface area contributed by atoms with Crippen molar-refractivity contribution in [2.24, 2.45) is 0 Å². The molecule has 0 fully saturated rings.